The molecular formula is C19H21FN4OS. The van der Waals surface area contributed by atoms with Crippen LogP contribution in [-0.2, 0) is 11.2 Å². The van der Waals surface area contributed by atoms with Gasteiger partial charge in [-0.1, -0.05) is 12.1 Å². The van der Waals surface area contributed by atoms with Crippen LogP contribution in [0.25, 0.3) is 10.2 Å². The molecule has 7 heteroatoms. The van der Waals surface area contributed by atoms with Gasteiger partial charge in [0.1, 0.15) is 22.3 Å². The molecule has 0 atom stereocenters. The van der Waals surface area contributed by atoms with E-state index in [1.807, 2.05) is 13.8 Å². The number of nitrogens with one attached hydrogen (secondary N) is 2. The van der Waals surface area contributed by atoms with Crippen molar-refractivity contribution in [2.45, 2.75) is 27.2 Å². The third-order valence-electron chi connectivity index (χ3n) is 4.21. The Hall–Kier alpha value is -2.54. The van der Waals surface area contributed by atoms with Crippen LogP contribution in [0.2, 0.25) is 0 Å². The molecule has 1 amide bonds. The zero-order chi connectivity index (χ0) is 18.7. The molecule has 0 aliphatic heterocycles. The first kappa shape index (κ1) is 18.3. The number of carbonyl (C=O) groups is 1. The van der Waals surface area contributed by atoms with E-state index < -0.39 is 0 Å². The van der Waals surface area contributed by atoms with E-state index in [2.05, 4.69) is 27.5 Å². The fraction of sp³-hybridized carbons (Fsp3) is 0.316. The molecule has 5 nitrogen and oxygen atoms in total. The lowest BCUT2D eigenvalue weighted by molar-refractivity contribution is -0.119. The number of hydrogen-bond donors (Lipinski definition) is 2. The standard InChI is InChI=1S/C19H21FN4OS/c1-11-12(2)26-19-17(11)18(23-13(3)24-19)22-10-16(25)21-9-8-14-4-6-15(20)7-5-14/h4-7H,8-10H2,1-3H3,(H,21,25)(H,22,23,24). The van der Waals surface area contributed by atoms with Gasteiger partial charge in [-0.15, -0.1) is 11.3 Å². The van der Waals surface area contributed by atoms with Crippen molar-refractivity contribution in [2.75, 3.05) is 18.4 Å². The fourth-order valence-corrected chi connectivity index (χ4v) is 3.78. The van der Waals surface area contributed by atoms with Crippen molar-refractivity contribution >= 4 is 33.3 Å². The van der Waals surface area contributed by atoms with Crippen LogP contribution in [0, 0.1) is 26.6 Å². The number of nitrogens with zero attached hydrogens (tertiary/aromatic N) is 2. The maximum Gasteiger partial charge on any atom is 0.239 e. The summed E-state index contributed by atoms with van der Waals surface area (Å²) in [4.78, 5) is 23.2. The Morgan fingerprint density at radius 2 is 1.88 bits per heavy atom. The molecule has 0 bridgehead atoms. The number of amides is 1. The van der Waals surface area contributed by atoms with Crippen LogP contribution in [0.3, 0.4) is 0 Å². The highest BCUT2D eigenvalue weighted by Gasteiger charge is 2.14. The topological polar surface area (TPSA) is 66.9 Å². The molecule has 0 aliphatic carbocycles. The summed E-state index contributed by atoms with van der Waals surface area (Å²) in [6, 6.07) is 6.29. The zero-order valence-electron chi connectivity index (χ0n) is 15.0. The molecule has 0 saturated carbocycles. The second-order valence-corrected chi connectivity index (χ2v) is 7.37. The Kier molecular flexibility index (Phi) is 5.46. The zero-order valence-corrected chi connectivity index (χ0v) is 15.8. The molecule has 2 aromatic heterocycles. The van der Waals surface area contributed by atoms with E-state index in [-0.39, 0.29) is 18.3 Å². The Morgan fingerprint density at radius 3 is 2.62 bits per heavy atom. The van der Waals surface area contributed by atoms with Crippen molar-refractivity contribution in [3.05, 3.63) is 51.9 Å². The summed E-state index contributed by atoms with van der Waals surface area (Å²) in [5.74, 6) is 1.01. The van der Waals surface area contributed by atoms with Gasteiger partial charge in [0.25, 0.3) is 0 Å². The van der Waals surface area contributed by atoms with Crippen LogP contribution in [0.4, 0.5) is 10.2 Å². The van der Waals surface area contributed by atoms with Crippen LogP contribution in [0.15, 0.2) is 24.3 Å². The lowest BCUT2D eigenvalue weighted by Crippen LogP contribution is -2.31. The van der Waals surface area contributed by atoms with Crippen molar-refractivity contribution in [1.29, 1.82) is 0 Å². The Morgan fingerprint density at radius 1 is 1.15 bits per heavy atom. The second-order valence-electron chi connectivity index (χ2n) is 6.16. The average Bonchev–Trinajstić information content (AvgIpc) is 2.88. The summed E-state index contributed by atoms with van der Waals surface area (Å²) in [7, 11) is 0. The number of fused-ring (bicyclic) bond motifs is 1. The van der Waals surface area contributed by atoms with Crippen molar-refractivity contribution in [3.63, 3.8) is 0 Å². The first-order valence-electron chi connectivity index (χ1n) is 8.43. The number of thiophene rings is 1. The fourth-order valence-electron chi connectivity index (χ4n) is 2.71. The number of benzene rings is 1. The number of rotatable bonds is 6. The molecule has 136 valence electrons. The first-order valence-corrected chi connectivity index (χ1v) is 9.25. The average molecular weight is 372 g/mol. The number of aromatic nitrogens is 2. The molecule has 26 heavy (non-hydrogen) atoms. The largest absolute Gasteiger partial charge is 0.360 e. The maximum absolute atomic E-state index is 12.9. The highest BCUT2D eigenvalue weighted by molar-refractivity contribution is 7.18. The number of anilines is 1. The van der Waals surface area contributed by atoms with Crippen molar-refractivity contribution in [3.8, 4) is 0 Å². The van der Waals surface area contributed by atoms with Gasteiger partial charge < -0.3 is 10.6 Å². The predicted octanol–water partition coefficient (Wildman–Crippen LogP) is 3.53. The van der Waals surface area contributed by atoms with Crippen LogP contribution >= 0.6 is 11.3 Å². The lowest BCUT2D eigenvalue weighted by Gasteiger charge is -2.09. The second kappa shape index (κ2) is 7.78. The summed E-state index contributed by atoms with van der Waals surface area (Å²) >= 11 is 1.64. The molecule has 3 aromatic rings. The van der Waals surface area contributed by atoms with E-state index in [0.29, 0.717) is 24.6 Å². The molecule has 0 fully saturated rings. The summed E-state index contributed by atoms with van der Waals surface area (Å²) in [6.07, 6.45) is 0.658. The minimum Gasteiger partial charge on any atom is -0.360 e. The summed E-state index contributed by atoms with van der Waals surface area (Å²) < 4.78 is 12.9. The quantitative estimate of drug-likeness (QED) is 0.695. The highest BCUT2D eigenvalue weighted by atomic mass is 32.1. The summed E-state index contributed by atoms with van der Waals surface area (Å²) in [5, 5.41) is 6.98. The monoisotopic (exact) mass is 372 g/mol. The third-order valence-corrected chi connectivity index (χ3v) is 5.31. The molecular weight excluding hydrogens is 351 g/mol. The number of aryl methyl sites for hydroxylation is 3. The maximum atomic E-state index is 12.9. The highest BCUT2D eigenvalue weighted by Crippen LogP contribution is 2.32. The molecule has 1 aromatic carbocycles. The Labute approximate surface area is 155 Å². The molecule has 2 N–H and O–H groups in total. The van der Waals surface area contributed by atoms with Gasteiger partial charge in [-0.25, -0.2) is 14.4 Å². The number of carbonyl (C=O) groups excluding carboxylic acids is 1. The smallest absolute Gasteiger partial charge is 0.239 e. The minimum absolute atomic E-state index is 0.110. The van der Waals surface area contributed by atoms with Gasteiger partial charge >= 0.3 is 0 Å². The van der Waals surface area contributed by atoms with Gasteiger partial charge in [-0.3, -0.25) is 4.79 Å². The van der Waals surface area contributed by atoms with E-state index in [9.17, 15) is 9.18 Å². The predicted molar refractivity (Wildman–Crippen MR) is 103 cm³/mol. The van der Waals surface area contributed by atoms with Gasteiger partial charge in [0.2, 0.25) is 5.91 Å². The molecule has 0 unspecified atom stereocenters. The third kappa shape index (κ3) is 4.16. The van der Waals surface area contributed by atoms with E-state index in [4.69, 9.17) is 0 Å². The van der Waals surface area contributed by atoms with E-state index in [0.717, 1.165) is 21.3 Å². The minimum atomic E-state index is -0.257. The first-order chi connectivity index (χ1) is 12.4. The lowest BCUT2D eigenvalue weighted by atomic mass is 10.1. The van der Waals surface area contributed by atoms with Crippen LogP contribution in [0.1, 0.15) is 21.8 Å². The molecule has 0 saturated heterocycles. The van der Waals surface area contributed by atoms with Gasteiger partial charge in [-0.05, 0) is 50.5 Å². The van der Waals surface area contributed by atoms with E-state index >= 15 is 0 Å². The Balaban J connectivity index is 1.57. The Bertz CT molecular complexity index is 937. The number of halogens is 1. The van der Waals surface area contributed by atoms with Crippen LogP contribution < -0.4 is 10.6 Å². The van der Waals surface area contributed by atoms with Gasteiger partial charge in [0, 0.05) is 11.4 Å². The number of hydrogen-bond acceptors (Lipinski definition) is 5. The van der Waals surface area contributed by atoms with Gasteiger partial charge in [0.05, 0.1) is 11.9 Å². The summed E-state index contributed by atoms with van der Waals surface area (Å²) in [5.41, 5.74) is 2.13. The normalized spacial score (nSPS) is 10.9. The molecule has 2 heterocycles. The molecule has 0 radical (unpaired) electrons. The van der Waals surface area contributed by atoms with Crippen molar-refractivity contribution in [1.82, 2.24) is 15.3 Å². The molecule has 0 spiro atoms. The van der Waals surface area contributed by atoms with Crippen LogP contribution in [-0.4, -0.2) is 29.0 Å². The van der Waals surface area contributed by atoms with E-state index in [1.54, 1.807) is 23.5 Å². The summed E-state index contributed by atoms with van der Waals surface area (Å²) in [6.45, 7) is 6.59. The van der Waals surface area contributed by atoms with Gasteiger partial charge in [0.15, 0.2) is 0 Å². The molecule has 0 aliphatic rings. The van der Waals surface area contributed by atoms with Gasteiger partial charge in [-0.2, -0.15) is 0 Å². The van der Waals surface area contributed by atoms with Crippen LogP contribution in [0.5, 0.6) is 0 Å². The van der Waals surface area contributed by atoms with Crippen molar-refractivity contribution in [2.24, 2.45) is 0 Å². The molecule has 3 rings (SSSR count). The van der Waals surface area contributed by atoms with Crippen molar-refractivity contribution < 1.29 is 9.18 Å². The SMILES string of the molecule is Cc1nc(NCC(=O)NCCc2ccc(F)cc2)c2c(C)c(C)sc2n1. The van der Waals surface area contributed by atoms with E-state index in [1.165, 1.54) is 17.0 Å².